The number of nitrogens with one attached hydrogen (secondary N) is 2. The van der Waals surface area contributed by atoms with Crippen molar-refractivity contribution in [2.24, 2.45) is 0 Å². The Hall–Kier alpha value is -3.38. The van der Waals surface area contributed by atoms with E-state index in [2.05, 4.69) is 36.6 Å². The van der Waals surface area contributed by atoms with Crippen LogP contribution in [0.15, 0.2) is 66.7 Å². The van der Waals surface area contributed by atoms with E-state index in [9.17, 15) is 4.79 Å². The molecule has 2 amide bonds. The number of rotatable bonds is 7. The third-order valence-corrected chi connectivity index (χ3v) is 5.93. The zero-order valence-corrected chi connectivity index (χ0v) is 18.5. The summed E-state index contributed by atoms with van der Waals surface area (Å²) >= 11 is 1.67. The van der Waals surface area contributed by atoms with Gasteiger partial charge in [-0.05, 0) is 73.0 Å². The van der Waals surface area contributed by atoms with Gasteiger partial charge in [0.15, 0.2) is 6.73 Å². The van der Waals surface area contributed by atoms with Crippen molar-refractivity contribution < 1.29 is 9.53 Å². The van der Waals surface area contributed by atoms with Gasteiger partial charge in [0.05, 0.1) is 10.2 Å². The van der Waals surface area contributed by atoms with Crippen LogP contribution in [-0.2, 0) is 6.42 Å². The van der Waals surface area contributed by atoms with E-state index >= 15 is 0 Å². The molecule has 0 fully saturated rings. The summed E-state index contributed by atoms with van der Waals surface area (Å²) in [4.78, 5) is 16.8. The van der Waals surface area contributed by atoms with Gasteiger partial charge in [-0.25, -0.2) is 9.78 Å². The number of thiazole rings is 1. The van der Waals surface area contributed by atoms with Crippen molar-refractivity contribution in [3.05, 3.63) is 77.9 Å². The highest BCUT2D eigenvalue weighted by atomic mass is 32.1. The average molecular weight is 432 g/mol. The molecule has 4 rings (SSSR count). The van der Waals surface area contributed by atoms with Crippen LogP contribution in [0.4, 0.5) is 10.5 Å². The van der Waals surface area contributed by atoms with Crippen LogP contribution in [0.5, 0.6) is 5.75 Å². The van der Waals surface area contributed by atoms with E-state index in [4.69, 9.17) is 9.72 Å². The van der Waals surface area contributed by atoms with E-state index in [1.165, 1.54) is 15.8 Å². The number of aromatic nitrogens is 1. The van der Waals surface area contributed by atoms with Crippen molar-refractivity contribution in [1.82, 2.24) is 10.3 Å². The lowest BCUT2D eigenvalue weighted by Crippen LogP contribution is -2.31. The van der Waals surface area contributed by atoms with Crippen LogP contribution in [0.1, 0.15) is 24.5 Å². The molecule has 2 N–H and O–H groups in total. The number of carbonyl (C=O) groups is 1. The quantitative estimate of drug-likeness (QED) is 0.334. The maximum absolute atomic E-state index is 12.1. The molecule has 0 radical (unpaired) electrons. The Morgan fingerprint density at radius 3 is 2.55 bits per heavy atom. The first-order valence-corrected chi connectivity index (χ1v) is 11.2. The average Bonchev–Trinajstić information content (AvgIpc) is 3.19. The van der Waals surface area contributed by atoms with Gasteiger partial charge in [-0.15, -0.1) is 11.3 Å². The fourth-order valence-corrected chi connectivity index (χ4v) is 4.32. The zero-order valence-electron chi connectivity index (χ0n) is 17.6. The molecule has 158 valence electrons. The van der Waals surface area contributed by atoms with Crippen LogP contribution in [-0.4, -0.2) is 17.7 Å². The van der Waals surface area contributed by atoms with E-state index in [-0.39, 0.29) is 12.8 Å². The van der Waals surface area contributed by atoms with Crippen molar-refractivity contribution >= 4 is 33.3 Å². The van der Waals surface area contributed by atoms with Crippen molar-refractivity contribution in [2.75, 3.05) is 12.0 Å². The largest absolute Gasteiger partial charge is 0.473 e. The van der Waals surface area contributed by atoms with E-state index in [0.717, 1.165) is 34.7 Å². The summed E-state index contributed by atoms with van der Waals surface area (Å²) in [6.45, 7) is 4.34. The Balaban J connectivity index is 1.29. The van der Waals surface area contributed by atoms with Crippen LogP contribution in [0.25, 0.3) is 20.8 Å². The molecule has 1 heterocycles. The summed E-state index contributed by atoms with van der Waals surface area (Å²) in [5, 5.41) is 6.49. The number of benzene rings is 3. The third kappa shape index (κ3) is 5.41. The summed E-state index contributed by atoms with van der Waals surface area (Å²) in [5.74, 6) is 0.732. The van der Waals surface area contributed by atoms with Gasteiger partial charge >= 0.3 is 6.03 Å². The molecule has 0 atom stereocenters. The smallest absolute Gasteiger partial charge is 0.321 e. The van der Waals surface area contributed by atoms with Crippen molar-refractivity contribution in [1.29, 1.82) is 0 Å². The standard InChI is InChI=1S/C25H25N3O2S/c1-3-4-18-6-12-21(13-7-18)30-16-26-25(29)27-20-10-8-19(9-11-20)24-28-22-14-5-17(2)15-23(22)31-24/h5-15H,3-4,16H2,1-2H3,(H2,26,27,29). The fraction of sp³-hybridized carbons (Fsp3) is 0.200. The van der Waals surface area contributed by atoms with Crippen LogP contribution in [0.2, 0.25) is 0 Å². The molecule has 5 nitrogen and oxygen atoms in total. The molecule has 0 aliphatic rings. The Kier molecular flexibility index (Phi) is 6.48. The summed E-state index contributed by atoms with van der Waals surface area (Å²) in [6, 6.07) is 21.6. The van der Waals surface area contributed by atoms with Crippen molar-refractivity contribution in [3.63, 3.8) is 0 Å². The van der Waals surface area contributed by atoms with E-state index in [1.54, 1.807) is 11.3 Å². The second kappa shape index (κ2) is 9.62. The number of amides is 2. The lowest BCUT2D eigenvalue weighted by atomic mass is 10.1. The second-order valence-electron chi connectivity index (χ2n) is 7.38. The number of urea groups is 1. The monoisotopic (exact) mass is 431 g/mol. The normalized spacial score (nSPS) is 10.8. The highest BCUT2D eigenvalue weighted by molar-refractivity contribution is 7.21. The number of anilines is 1. The maximum Gasteiger partial charge on any atom is 0.321 e. The van der Waals surface area contributed by atoms with Gasteiger partial charge in [0.1, 0.15) is 10.8 Å². The maximum atomic E-state index is 12.1. The van der Waals surface area contributed by atoms with Crippen LogP contribution in [0.3, 0.4) is 0 Å². The Bertz CT molecular complexity index is 1170. The van der Waals surface area contributed by atoms with Crippen LogP contribution in [0, 0.1) is 6.92 Å². The molecule has 0 aliphatic carbocycles. The topological polar surface area (TPSA) is 63.2 Å². The Morgan fingerprint density at radius 1 is 1.03 bits per heavy atom. The van der Waals surface area contributed by atoms with Gasteiger partial charge in [0, 0.05) is 11.3 Å². The lowest BCUT2D eigenvalue weighted by molar-refractivity contribution is 0.234. The van der Waals surface area contributed by atoms with Crippen molar-refractivity contribution in [2.45, 2.75) is 26.7 Å². The van der Waals surface area contributed by atoms with Gasteiger partial charge in [0.2, 0.25) is 0 Å². The predicted octanol–water partition coefficient (Wildman–Crippen LogP) is 6.38. The molecule has 0 saturated carbocycles. The number of aryl methyl sites for hydroxylation is 2. The van der Waals surface area contributed by atoms with E-state index in [1.807, 2.05) is 54.6 Å². The first-order chi connectivity index (χ1) is 15.1. The molecular formula is C25H25N3O2S. The van der Waals surface area contributed by atoms with Gasteiger partial charge in [0.25, 0.3) is 0 Å². The zero-order chi connectivity index (χ0) is 21.6. The number of hydrogen-bond donors (Lipinski definition) is 2. The van der Waals surface area contributed by atoms with E-state index in [0.29, 0.717) is 5.69 Å². The molecule has 0 unspecified atom stereocenters. The summed E-state index contributed by atoms with van der Waals surface area (Å²) in [5.41, 5.74) is 5.25. The first-order valence-electron chi connectivity index (χ1n) is 10.3. The summed E-state index contributed by atoms with van der Waals surface area (Å²) < 4.78 is 6.76. The SMILES string of the molecule is CCCc1ccc(OCNC(=O)Nc2ccc(-c3nc4ccc(C)cc4s3)cc2)cc1. The lowest BCUT2D eigenvalue weighted by Gasteiger charge is -2.10. The predicted molar refractivity (Wildman–Crippen MR) is 128 cm³/mol. The Morgan fingerprint density at radius 2 is 1.81 bits per heavy atom. The summed E-state index contributed by atoms with van der Waals surface area (Å²) in [6.07, 6.45) is 2.17. The molecule has 31 heavy (non-hydrogen) atoms. The summed E-state index contributed by atoms with van der Waals surface area (Å²) in [7, 11) is 0. The van der Waals surface area contributed by atoms with Crippen LogP contribution < -0.4 is 15.4 Å². The van der Waals surface area contributed by atoms with Crippen LogP contribution >= 0.6 is 11.3 Å². The molecule has 0 bridgehead atoms. The number of hydrogen-bond acceptors (Lipinski definition) is 4. The van der Waals surface area contributed by atoms with Gasteiger partial charge in [-0.2, -0.15) is 0 Å². The molecule has 1 aromatic heterocycles. The number of fused-ring (bicyclic) bond motifs is 1. The number of nitrogens with zero attached hydrogens (tertiary/aromatic N) is 1. The minimum Gasteiger partial charge on any atom is -0.473 e. The van der Waals surface area contributed by atoms with Gasteiger partial charge in [-0.1, -0.05) is 31.5 Å². The first kappa shape index (κ1) is 20.9. The Labute approximate surface area is 186 Å². The molecule has 6 heteroatoms. The minimum atomic E-state index is -0.314. The fourth-order valence-electron chi connectivity index (χ4n) is 3.25. The molecule has 3 aromatic carbocycles. The number of ether oxygens (including phenoxy) is 1. The van der Waals surface area contributed by atoms with Crippen molar-refractivity contribution in [3.8, 4) is 16.3 Å². The highest BCUT2D eigenvalue weighted by Gasteiger charge is 2.07. The molecule has 0 aliphatic heterocycles. The highest BCUT2D eigenvalue weighted by Crippen LogP contribution is 2.31. The minimum absolute atomic E-state index is 0.0994. The molecular weight excluding hydrogens is 406 g/mol. The van der Waals surface area contributed by atoms with Gasteiger partial charge < -0.3 is 15.4 Å². The third-order valence-electron chi connectivity index (χ3n) is 4.87. The van der Waals surface area contributed by atoms with Gasteiger partial charge in [-0.3, -0.25) is 0 Å². The van der Waals surface area contributed by atoms with E-state index < -0.39 is 0 Å². The molecule has 0 spiro atoms. The molecule has 0 saturated heterocycles. The number of carbonyl (C=O) groups excluding carboxylic acids is 1. The molecule has 4 aromatic rings. The second-order valence-corrected chi connectivity index (χ2v) is 8.41.